The van der Waals surface area contributed by atoms with Crippen LogP contribution in [0, 0.1) is 20.7 Å². The fourth-order valence-electron chi connectivity index (χ4n) is 4.30. The van der Waals surface area contributed by atoms with E-state index in [2.05, 4.69) is 16.0 Å². The molecule has 200 valence electrons. The van der Waals surface area contributed by atoms with Crippen LogP contribution in [0.25, 0.3) is 0 Å². The highest BCUT2D eigenvalue weighted by Gasteiger charge is 2.36. The Kier molecular flexibility index (Phi) is 7.76. The van der Waals surface area contributed by atoms with Crippen molar-refractivity contribution in [3.63, 3.8) is 0 Å². The number of hydrogen-bond donors (Lipinski definition) is 3. The first-order valence-corrected chi connectivity index (χ1v) is 14.0. The van der Waals surface area contributed by atoms with E-state index in [9.17, 15) is 18.8 Å². The lowest BCUT2D eigenvalue weighted by Crippen LogP contribution is -2.54. The van der Waals surface area contributed by atoms with Gasteiger partial charge in [0.15, 0.2) is 0 Å². The number of nitrogens with one attached hydrogen (secondary N) is 3. The van der Waals surface area contributed by atoms with Crippen LogP contribution >= 0.6 is 33.9 Å². The van der Waals surface area contributed by atoms with E-state index in [0.717, 1.165) is 14.9 Å². The van der Waals surface area contributed by atoms with Crippen LogP contribution in [0.1, 0.15) is 60.2 Å². The smallest absolute Gasteiger partial charge is 0.410 e. The summed E-state index contributed by atoms with van der Waals surface area (Å²) in [5.74, 6) is -0.906. The number of carbonyl (C=O) groups is 3. The van der Waals surface area contributed by atoms with Gasteiger partial charge in [-0.2, -0.15) is 0 Å². The molecule has 2 aliphatic rings. The molecule has 3 N–H and O–H groups in total. The minimum Gasteiger partial charge on any atom is -0.444 e. The summed E-state index contributed by atoms with van der Waals surface area (Å²) in [7, 11) is 0. The zero-order valence-electron chi connectivity index (χ0n) is 21.6. The van der Waals surface area contributed by atoms with E-state index in [4.69, 9.17) is 4.74 Å². The second kappa shape index (κ2) is 10.4. The van der Waals surface area contributed by atoms with Gasteiger partial charge in [-0.15, -0.1) is 11.3 Å². The zero-order chi connectivity index (χ0) is 27.1. The summed E-state index contributed by atoms with van der Waals surface area (Å²) in [5.41, 5.74) is 0.445. The first-order valence-electron chi connectivity index (χ1n) is 12.1. The van der Waals surface area contributed by atoms with Gasteiger partial charge in [0.05, 0.1) is 16.1 Å². The summed E-state index contributed by atoms with van der Waals surface area (Å²) in [6.07, 6.45) is 0.157. The van der Waals surface area contributed by atoms with Gasteiger partial charge >= 0.3 is 6.09 Å². The number of amides is 3. The number of hydrogen-bond acceptors (Lipinski definition) is 6. The molecule has 0 unspecified atom stereocenters. The van der Waals surface area contributed by atoms with Crippen molar-refractivity contribution in [3.8, 4) is 0 Å². The number of benzene rings is 1. The summed E-state index contributed by atoms with van der Waals surface area (Å²) < 4.78 is 20.8. The third kappa shape index (κ3) is 6.54. The zero-order valence-corrected chi connectivity index (χ0v) is 24.6. The lowest BCUT2D eigenvalue weighted by Gasteiger charge is -2.39. The normalized spacial score (nSPS) is 17.3. The lowest BCUT2D eigenvalue weighted by atomic mass is 9.85. The molecule has 0 radical (unpaired) electrons. The maximum atomic E-state index is 14.6. The first-order chi connectivity index (χ1) is 17.2. The van der Waals surface area contributed by atoms with Crippen molar-refractivity contribution in [2.24, 2.45) is 11.3 Å². The van der Waals surface area contributed by atoms with Crippen LogP contribution < -0.4 is 16.0 Å². The molecule has 1 fully saturated rings. The van der Waals surface area contributed by atoms with Crippen molar-refractivity contribution in [1.29, 1.82) is 0 Å². The SMILES string of the molecule is CC1(C)CNC(=O)c2sc(Nc3ccc(I)cc3F)c(C(=O)NCC3CN(C(=O)OC(C)(C)C)C3)c2C1. The summed E-state index contributed by atoms with van der Waals surface area (Å²) in [5, 5.41) is 9.41. The minimum atomic E-state index is -0.562. The molecule has 0 atom stereocenters. The number of carbonyl (C=O) groups excluding carboxylic acids is 3. The largest absolute Gasteiger partial charge is 0.444 e. The molecule has 2 aliphatic heterocycles. The van der Waals surface area contributed by atoms with Crippen molar-refractivity contribution in [1.82, 2.24) is 15.5 Å². The van der Waals surface area contributed by atoms with Crippen LogP contribution in [0.5, 0.6) is 0 Å². The third-order valence-corrected chi connectivity index (χ3v) is 7.98. The Bertz CT molecular complexity index is 1230. The highest BCUT2D eigenvalue weighted by atomic mass is 127. The molecule has 11 heteroatoms. The van der Waals surface area contributed by atoms with Crippen molar-refractivity contribution in [2.45, 2.75) is 46.6 Å². The van der Waals surface area contributed by atoms with Crippen LogP contribution in [0.2, 0.25) is 0 Å². The van der Waals surface area contributed by atoms with E-state index in [0.29, 0.717) is 53.6 Å². The predicted octanol–water partition coefficient (Wildman–Crippen LogP) is 5.14. The second-order valence-electron chi connectivity index (χ2n) is 11.3. The van der Waals surface area contributed by atoms with Crippen molar-refractivity contribution >= 4 is 62.5 Å². The number of anilines is 2. The Morgan fingerprint density at radius 3 is 2.65 bits per heavy atom. The average Bonchev–Trinajstić information content (AvgIpc) is 3.03. The highest BCUT2D eigenvalue weighted by molar-refractivity contribution is 14.1. The molecular formula is C26H32FIN4O4S. The third-order valence-electron chi connectivity index (χ3n) is 6.16. The monoisotopic (exact) mass is 642 g/mol. The van der Waals surface area contributed by atoms with Gasteiger partial charge in [-0.1, -0.05) is 13.8 Å². The van der Waals surface area contributed by atoms with E-state index >= 15 is 0 Å². The molecule has 3 heterocycles. The maximum Gasteiger partial charge on any atom is 0.410 e. The minimum absolute atomic E-state index is 0.0958. The summed E-state index contributed by atoms with van der Waals surface area (Å²) >= 11 is 3.20. The van der Waals surface area contributed by atoms with E-state index in [1.54, 1.807) is 17.0 Å². The van der Waals surface area contributed by atoms with E-state index in [-0.39, 0.29) is 34.9 Å². The number of thiophene rings is 1. The molecule has 0 saturated carbocycles. The number of rotatable bonds is 5. The van der Waals surface area contributed by atoms with Gasteiger partial charge < -0.3 is 25.6 Å². The Balaban J connectivity index is 1.54. The van der Waals surface area contributed by atoms with Gasteiger partial charge in [0.2, 0.25) is 0 Å². The van der Waals surface area contributed by atoms with Gasteiger partial charge in [-0.3, -0.25) is 9.59 Å². The van der Waals surface area contributed by atoms with E-state index in [1.165, 1.54) is 6.07 Å². The molecule has 37 heavy (non-hydrogen) atoms. The molecule has 1 aromatic carbocycles. The summed E-state index contributed by atoms with van der Waals surface area (Å²) in [6.45, 7) is 11.4. The summed E-state index contributed by atoms with van der Waals surface area (Å²) in [4.78, 5) is 40.7. The van der Waals surface area contributed by atoms with Gasteiger partial charge in [-0.05, 0) is 79.0 Å². The molecule has 8 nitrogen and oxygen atoms in total. The fraction of sp³-hybridized carbons (Fsp3) is 0.500. The van der Waals surface area contributed by atoms with Crippen LogP contribution in [0.3, 0.4) is 0 Å². The van der Waals surface area contributed by atoms with Gasteiger partial charge in [0.1, 0.15) is 16.4 Å². The number of halogens is 2. The molecule has 0 spiro atoms. The second-order valence-corrected chi connectivity index (χ2v) is 13.6. The fourth-order valence-corrected chi connectivity index (χ4v) is 5.90. The number of fused-ring (bicyclic) bond motifs is 1. The highest BCUT2D eigenvalue weighted by Crippen LogP contribution is 2.40. The predicted molar refractivity (Wildman–Crippen MR) is 150 cm³/mol. The van der Waals surface area contributed by atoms with Crippen molar-refractivity contribution in [2.75, 3.05) is 31.5 Å². The maximum absolute atomic E-state index is 14.6. The Labute approximate surface area is 233 Å². The van der Waals surface area contributed by atoms with Crippen molar-refractivity contribution in [3.05, 3.63) is 43.6 Å². The molecule has 2 aromatic rings. The quantitative estimate of drug-likeness (QED) is 0.393. The molecule has 1 saturated heterocycles. The number of likely N-dealkylation sites (tertiary alicyclic amines) is 1. The molecule has 0 bridgehead atoms. The molecular weight excluding hydrogens is 610 g/mol. The Morgan fingerprint density at radius 2 is 2.00 bits per heavy atom. The van der Waals surface area contributed by atoms with E-state index < -0.39 is 11.4 Å². The van der Waals surface area contributed by atoms with Crippen LogP contribution in [-0.4, -0.2) is 54.6 Å². The lowest BCUT2D eigenvalue weighted by molar-refractivity contribution is -0.000539. The molecule has 0 aliphatic carbocycles. The van der Waals surface area contributed by atoms with E-state index in [1.807, 2.05) is 57.2 Å². The number of nitrogens with zero attached hydrogens (tertiary/aromatic N) is 1. The molecule has 1 aromatic heterocycles. The van der Waals surface area contributed by atoms with Crippen LogP contribution in [-0.2, 0) is 11.2 Å². The topological polar surface area (TPSA) is 99.8 Å². The van der Waals surface area contributed by atoms with Crippen LogP contribution in [0.4, 0.5) is 19.9 Å². The molecule has 4 rings (SSSR count). The number of ether oxygens (including phenoxy) is 1. The standard InChI is InChI=1S/C26H32FIN4O4S/c1-25(2,3)36-24(35)32-11-14(12-32)10-29-21(33)19-16-9-26(4,5)13-30-22(34)20(16)37-23(19)31-18-7-6-15(28)8-17(18)27/h6-8,14,31H,9-13H2,1-5H3,(H,29,33)(H,30,34). The van der Waals surface area contributed by atoms with Gasteiger partial charge in [0, 0.05) is 35.7 Å². The Hall–Kier alpha value is -2.41. The summed E-state index contributed by atoms with van der Waals surface area (Å²) in [6, 6.07) is 4.80. The van der Waals surface area contributed by atoms with Gasteiger partial charge in [0.25, 0.3) is 11.8 Å². The Morgan fingerprint density at radius 1 is 1.30 bits per heavy atom. The van der Waals surface area contributed by atoms with Crippen LogP contribution in [0.15, 0.2) is 18.2 Å². The van der Waals surface area contributed by atoms with Gasteiger partial charge in [-0.25, -0.2) is 9.18 Å². The first kappa shape index (κ1) is 27.6. The average molecular weight is 643 g/mol. The van der Waals surface area contributed by atoms with Crippen molar-refractivity contribution < 1.29 is 23.5 Å². The molecule has 3 amide bonds.